The van der Waals surface area contributed by atoms with Gasteiger partial charge in [0.05, 0.1) is 16.7 Å². The van der Waals surface area contributed by atoms with E-state index in [0.717, 1.165) is 15.6 Å². The number of rotatable bonds is 3. The zero-order chi connectivity index (χ0) is 14.9. The Kier molecular flexibility index (Phi) is 4.09. The van der Waals surface area contributed by atoms with Gasteiger partial charge < -0.3 is 10.4 Å². The lowest BCUT2D eigenvalue weighted by Crippen LogP contribution is -2.27. The van der Waals surface area contributed by atoms with Crippen molar-refractivity contribution < 1.29 is 9.90 Å². The normalized spacial score (nSPS) is 12.2. The first-order valence-electron chi connectivity index (χ1n) is 6.43. The summed E-state index contributed by atoms with van der Waals surface area (Å²) in [5, 5.41) is 13.6. The van der Waals surface area contributed by atoms with Crippen LogP contribution < -0.4 is 5.32 Å². The first-order chi connectivity index (χ1) is 9.40. The van der Waals surface area contributed by atoms with Crippen LogP contribution in [-0.2, 0) is 0 Å². The number of carbonyl (C=O) groups is 1. The van der Waals surface area contributed by atoms with Crippen LogP contribution in [0.25, 0.3) is 0 Å². The average Bonchev–Trinajstić information content (AvgIpc) is 2.71. The van der Waals surface area contributed by atoms with Gasteiger partial charge >= 0.3 is 0 Å². The summed E-state index contributed by atoms with van der Waals surface area (Å²) in [6.45, 7) is 7.57. The molecule has 0 fully saturated rings. The fraction of sp³-hybridized carbons (Fsp3) is 0.333. The molecular formula is C15H18N2O2S. The van der Waals surface area contributed by atoms with Crippen molar-refractivity contribution in [3.63, 3.8) is 0 Å². The van der Waals surface area contributed by atoms with Gasteiger partial charge in [-0.05, 0) is 39.8 Å². The van der Waals surface area contributed by atoms with Crippen LogP contribution in [0.15, 0.2) is 18.2 Å². The van der Waals surface area contributed by atoms with Gasteiger partial charge in [-0.3, -0.25) is 4.79 Å². The minimum atomic E-state index is -0.184. The predicted molar refractivity (Wildman–Crippen MR) is 80.3 cm³/mol. The largest absolute Gasteiger partial charge is 0.508 e. The lowest BCUT2D eigenvalue weighted by Gasteiger charge is -2.14. The summed E-state index contributed by atoms with van der Waals surface area (Å²) in [6.07, 6.45) is 0. The molecular weight excluding hydrogens is 272 g/mol. The molecule has 0 aliphatic rings. The number of phenolic OH excluding ortho intramolecular Hbond substituents is 1. The molecule has 5 heteroatoms. The van der Waals surface area contributed by atoms with E-state index in [0.29, 0.717) is 11.1 Å². The van der Waals surface area contributed by atoms with Crippen molar-refractivity contribution in [2.45, 2.75) is 33.7 Å². The van der Waals surface area contributed by atoms with Crippen LogP contribution in [0, 0.1) is 20.8 Å². The van der Waals surface area contributed by atoms with Crippen molar-refractivity contribution >= 4 is 17.2 Å². The molecule has 0 saturated carbocycles. The molecule has 0 saturated heterocycles. The maximum atomic E-state index is 12.3. The number of hydrogen-bond donors (Lipinski definition) is 2. The molecule has 2 rings (SSSR count). The van der Waals surface area contributed by atoms with Gasteiger partial charge in [0.2, 0.25) is 0 Å². The Morgan fingerprint density at radius 3 is 2.65 bits per heavy atom. The molecule has 1 atom stereocenters. The Hall–Kier alpha value is -1.88. The number of phenols is 1. The topological polar surface area (TPSA) is 62.2 Å². The Morgan fingerprint density at radius 1 is 1.35 bits per heavy atom. The van der Waals surface area contributed by atoms with Crippen LogP contribution in [-0.4, -0.2) is 16.0 Å². The summed E-state index contributed by atoms with van der Waals surface area (Å²) in [5.74, 6) is -0.0496. The average molecular weight is 290 g/mol. The fourth-order valence-corrected chi connectivity index (χ4v) is 3.09. The van der Waals surface area contributed by atoms with E-state index < -0.39 is 0 Å². The molecule has 0 bridgehead atoms. The standard InChI is InChI=1S/C15H18N2O2S/c1-8-12(6-5-7-13(8)18)15(19)17-10(3)14-9(2)16-11(4)20-14/h5-7,10,18H,1-4H3,(H,17,19). The Morgan fingerprint density at radius 2 is 2.05 bits per heavy atom. The van der Waals surface area contributed by atoms with Gasteiger partial charge in [0, 0.05) is 16.0 Å². The summed E-state index contributed by atoms with van der Waals surface area (Å²) < 4.78 is 0. The highest BCUT2D eigenvalue weighted by Crippen LogP contribution is 2.25. The SMILES string of the molecule is Cc1nc(C)c(C(C)NC(=O)c2cccc(O)c2C)s1. The lowest BCUT2D eigenvalue weighted by atomic mass is 10.1. The van der Waals surface area contributed by atoms with Crippen molar-refractivity contribution in [1.82, 2.24) is 10.3 Å². The second kappa shape index (κ2) is 5.63. The summed E-state index contributed by atoms with van der Waals surface area (Å²) in [6, 6.07) is 4.86. The van der Waals surface area contributed by atoms with E-state index in [1.165, 1.54) is 0 Å². The van der Waals surface area contributed by atoms with Gasteiger partial charge in [-0.15, -0.1) is 11.3 Å². The van der Waals surface area contributed by atoms with Crippen LogP contribution >= 0.6 is 11.3 Å². The highest BCUT2D eigenvalue weighted by Gasteiger charge is 2.18. The van der Waals surface area contributed by atoms with Gasteiger partial charge in [-0.2, -0.15) is 0 Å². The number of aromatic hydroxyl groups is 1. The van der Waals surface area contributed by atoms with E-state index in [9.17, 15) is 9.90 Å². The molecule has 2 aromatic rings. The molecule has 4 nitrogen and oxygen atoms in total. The van der Waals surface area contributed by atoms with Crippen molar-refractivity contribution in [3.8, 4) is 5.75 Å². The number of aromatic nitrogens is 1. The van der Waals surface area contributed by atoms with E-state index in [-0.39, 0.29) is 17.7 Å². The first-order valence-corrected chi connectivity index (χ1v) is 7.25. The molecule has 0 aliphatic carbocycles. The summed E-state index contributed by atoms with van der Waals surface area (Å²) in [7, 11) is 0. The smallest absolute Gasteiger partial charge is 0.252 e. The highest BCUT2D eigenvalue weighted by atomic mass is 32.1. The number of benzene rings is 1. The summed E-state index contributed by atoms with van der Waals surface area (Å²) >= 11 is 1.59. The van der Waals surface area contributed by atoms with E-state index in [1.807, 2.05) is 20.8 Å². The minimum absolute atomic E-state index is 0.101. The zero-order valence-electron chi connectivity index (χ0n) is 12.0. The number of carbonyl (C=O) groups excluding carboxylic acids is 1. The van der Waals surface area contributed by atoms with Crippen LogP contribution in [0.4, 0.5) is 0 Å². The zero-order valence-corrected chi connectivity index (χ0v) is 12.8. The monoisotopic (exact) mass is 290 g/mol. The third kappa shape index (κ3) is 2.82. The van der Waals surface area contributed by atoms with Gasteiger partial charge in [0.25, 0.3) is 5.91 Å². The number of nitrogens with zero attached hydrogens (tertiary/aromatic N) is 1. The van der Waals surface area contributed by atoms with E-state index in [4.69, 9.17) is 0 Å². The molecule has 0 aliphatic heterocycles. The molecule has 1 amide bonds. The second-order valence-corrected chi connectivity index (χ2v) is 6.06. The van der Waals surface area contributed by atoms with Crippen LogP contribution in [0.3, 0.4) is 0 Å². The van der Waals surface area contributed by atoms with Crippen molar-refractivity contribution in [1.29, 1.82) is 0 Å². The van der Waals surface area contributed by atoms with E-state index >= 15 is 0 Å². The Labute approximate surface area is 122 Å². The summed E-state index contributed by atoms with van der Waals surface area (Å²) in [5.41, 5.74) is 2.04. The second-order valence-electron chi connectivity index (χ2n) is 4.83. The third-order valence-electron chi connectivity index (χ3n) is 3.23. The number of nitrogens with one attached hydrogen (secondary N) is 1. The Balaban J connectivity index is 2.19. The van der Waals surface area contributed by atoms with Crippen molar-refractivity contribution in [2.75, 3.05) is 0 Å². The maximum absolute atomic E-state index is 12.3. The first kappa shape index (κ1) is 14.5. The van der Waals surface area contributed by atoms with Crippen molar-refractivity contribution in [2.24, 2.45) is 0 Å². The third-order valence-corrected chi connectivity index (χ3v) is 4.49. The molecule has 1 unspecified atom stereocenters. The van der Waals surface area contributed by atoms with Gasteiger partial charge in [-0.25, -0.2) is 4.98 Å². The van der Waals surface area contributed by atoms with Crippen LogP contribution in [0.2, 0.25) is 0 Å². The van der Waals surface area contributed by atoms with Gasteiger partial charge in [0.1, 0.15) is 5.75 Å². The highest BCUT2D eigenvalue weighted by molar-refractivity contribution is 7.11. The fourth-order valence-electron chi connectivity index (χ4n) is 2.16. The van der Waals surface area contributed by atoms with Gasteiger partial charge in [0.15, 0.2) is 0 Å². The van der Waals surface area contributed by atoms with E-state index in [2.05, 4.69) is 10.3 Å². The Bertz CT molecular complexity index is 649. The molecule has 0 radical (unpaired) electrons. The molecule has 0 spiro atoms. The lowest BCUT2D eigenvalue weighted by molar-refractivity contribution is 0.0939. The molecule has 1 heterocycles. The number of hydrogen-bond acceptors (Lipinski definition) is 4. The molecule has 106 valence electrons. The van der Waals surface area contributed by atoms with Crippen molar-refractivity contribution in [3.05, 3.63) is 44.9 Å². The molecule has 20 heavy (non-hydrogen) atoms. The summed E-state index contributed by atoms with van der Waals surface area (Å²) in [4.78, 5) is 17.7. The van der Waals surface area contributed by atoms with Crippen LogP contribution in [0.1, 0.15) is 44.5 Å². The quantitative estimate of drug-likeness (QED) is 0.912. The predicted octanol–water partition coefficient (Wildman–Crippen LogP) is 3.26. The minimum Gasteiger partial charge on any atom is -0.508 e. The molecule has 1 aromatic heterocycles. The maximum Gasteiger partial charge on any atom is 0.252 e. The number of aryl methyl sites for hydroxylation is 2. The van der Waals surface area contributed by atoms with Crippen LogP contribution in [0.5, 0.6) is 5.75 Å². The molecule has 1 aromatic carbocycles. The molecule has 2 N–H and O–H groups in total. The van der Waals surface area contributed by atoms with E-state index in [1.54, 1.807) is 36.5 Å². The number of thiazole rings is 1. The van der Waals surface area contributed by atoms with Gasteiger partial charge in [-0.1, -0.05) is 6.07 Å². The number of amides is 1.